The van der Waals surface area contributed by atoms with Gasteiger partial charge >= 0.3 is 0 Å². The number of rotatable bonds is 7. The molecule has 0 bridgehead atoms. The molecule has 1 aliphatic rings. The van der Waals surface area contributed by atoms with E-state index >= 15 is 0 Å². The molecule has 0 radical (unpaired) electrons. The van der Waals surface area contributed by atoms with E-state index in [2.05, 4.69) is 16.8 Å². The number of ether oxygens (including phenoxy) is 1. The summed E-state index contributed by atoms with van der Waals surface area (Å²) in [5, 5.41) is 2.99. The smallest absolute Gasteiger partial charge is 0.249 e. The minimum atomic E-state index is -0.826. The van der Waals surface area contributed by atoms with Gasteiger partial charge in [0.05, 0.1) is 6.61 Å². The number of likely N-dealkylation sites (tertiary alicyclic amines) is 1. The summed E-state index contributed by atoms with van der Waals surface area (Å²) in [5.74, 6) is -1.76. The van der Waals surface area contributed by atoms with E-state index in [1.807, 2.05) is 0 Å². The number of hydrogen-bond acceptors (Lipinski definition) is 3. The topological polar surface area (TPSA) is 41.6 Å². The predicted molar refractivity (Wildman–Crippen MR) is 88.4 cm³/mol. The van der Waals surface area contributed by atoms with Gasteiger partial charge in [0, 0.05) is 25.7 Å². The third-order valence-corrected chi connectivity index (χ3v) is 4.16. The van der Waals surface area contributed by atoms with E-state index in [1.54, 1.807) is 19.1 Å². The highest BCUT2D eigenvalue weighted by atomic mass is 19.2. The first-order chi connectivity index (χ1) is 11.5. The highest BCUT2D eigenvalue weighted by Gasteiger charge is 2.23. The zero-order valence-electron chi connectivity index (χ0n) is 13.9. The number of piperidine rings is 1. The molecule has 1 aromatic carbocycles. The van der Waals surface area contributed by atoms with E-state index in [4.69, 9.17) is 4.74 Å². The summed E-state index contributed by atoms with van der Waals surface area (Å²) in [6.45, 7) is 7.80. The molecule has 0 spiro atoms. The molecule has 1 amide bonds. The molecule has 1 aromatic rings. The van der Waals surface area contributed by atoms with E-state index < -0.39 is 17.7 Å². The maximum Gasteiger partial charge on any atom is 0.249 e. The SMILES string of the molecule is C=CCO[C@H](C)C(=O)NC1CCN(Cc2ccc(F)c(F)c2)CC1. The number of halogens is 2. The number of carbonyl (C=O) groups is 1. The van der Waals surface area contributed by atoms with Gasteiger partial charge in [-0.1, -0.05) is 12.1 Å². The molecule has 1 atom stereocenters. The van der Waals surface area contributed by atoms with Crippen molar-refractivity contribution in [2.24, 2.45) is 0 Å². The second kappa shape index (κ2) is 8.89. The van der Waals surface area contributed by atoms with Gasteiger partial charge in [0.15, 0.2) is 11.6 Å². The van der Waals surface area contributed by atoms with Gasteiger partial charge in [-0.15, -0.1) is 6.58 Å². The molecular formula is C18H24F2N2O2. The molecule has 0 aliphatic carbocycles. The Kier molecular flexibility index (Phi) is 6.87. The van der Waals surface area contributed by atoms with Gasteiger partial charge < -0.3 is 10.1 Å². The monoisotopic (exact) mass is 338 g/mol. The fourth-order valence-electron chi connectivity index (χ4n) is 2.74. The molecule has 6 heteroatoms. The first-order valence-corrected chi connectivity index (χ1v) is 8.18. The van der Waals surface area contributed by atoms with Crippen LogP contribution in [0.4, 0.5) is 8.78 Å². The molecule has 0 unspecified atom stereocenters. The third-order valence-electron chi connectivity index (χ3n) is 4.16. The van der Waals surface area contributed by atoms with Crippen LogP contribution in [0.1, 0.15) is 25.3 Å². The Hall–Kier alpha value is -1.79. The zero-order chi connectivity index (χ0) is 17.5. The maximum atomic E-state index is 13.2. The van der Waals surface area contributed by atoms with Crippen molar-refractivity contribution >= 4 is 5.91 Å². The quantitative estimate of drug-likeness (QED) is 0.777. The third kappa shape index (κ3) is 5.39. The fourth-order valence-corrected chi connectivity index (χ4v) is 2.74. The largest absolute Gasteiger partial charge is 0.365 e. The van der Waals surface area contributed by atoms with E-state index in [0.29, 0.717) is 13.2 Å². The molecule has 132 valence electrons. The molecule has 1 aliphatic heterocycles. The van der Waals surface area contributed by atoms with Crippen LogP contribution in [0.25, 0.3) is 0 Å². The van der Waals surface area contributed by atoms with Crippen LogP contribution >= 0.6 is 0 Å². The molecule has 0 aromatic heterocycles. The Labute approximate surface area is 141 Å². The molecule has 2 rings (SSSR count). The minimum absolute atomic E-state index is 0.115. The Morgan fingerprint density at radius 3 is 2.75 bits per heavy atom. The van der Waals surface area contributed by atoms with Gasteiger partial charge in [0.25, 0.3) is 0 Å². The average Bonchev–Trinajstić information content (AvgIpc) is 2.57. The first kappa shape index (κ1) is 18.5. The van der Waals surface area contributed by atoms with Gasteiger partial charge in [0.2, 0.25) is 5.91 Å². The van der Waals surface area contributed by atoms with Crippen molar-refractivity contribution in [2.45, 2.75) is 38.5 Å². The maximum absolute atomic E-state index is 13.2. The van der Waals surface area contributed by atoms with Gasteiger partial charge in [-0.05, 0) is 37.5 Å². The average molecular weight is 338 g/mol. The van der Waals surface area contributed by atoms with Gasteiger partial charge in [-0.3, -0.25) is 9.69 Å². The summed E-state index contributed by atoms with van der Waals surface area (Å²) in [7, 11) is 0. The van der Waals surface area contributed by atoms with Crippen LogP contribution < -0.4 is 5.32 Å². The lowest BCUT2D eigenvalue weighted by Gasteiger charge is -2.32. The van der Waals surface area contributed by atoms with E-state index in [-0.39, 0.29) is 11.9 Å². The highest BCUT2D eigenvalue weighted by Crippen LogP contribution is 2.16. The van der Waals surface area contributed by atoms with Gasteiger partial charge in [0.1, 0.15) is 6.10 Å². The summed E-state index contributed by atoms with van der Waals surface area (Å²) in [5.41, 5.74) is 0.753. The number of amides is 1. The van der Waals surface area contributed by atoms with Crippen molar-refractivity contribution in [1.29, 1.82) is 0 Å². The van der Waals surface area contributed by atoms with E-state index in [1.165, 1.54) is 6.07 Å². The normalized spacial score (nSPS) is 17.5. The number of carbonyl (C=O) groups excluding carboxylic acids is 1. The zero-order valence-corrected chi connectivity index (χ0v) is 13.9. The van der Waals surface area contributed by atoms with Crippen molar-refractivity contribution in [3.8, 4) is 0 Å². The van der Waals surface area contributed by atoms with Crippen LogP contribution in [0, 0.1) is 11.6 Å². The number of nitrogens with one attached hydrogen (secondary N) is 1. The first-order valence-electron chi connectivity index (χ1n) is 8.18. The number of benzene rings is 1. The molecule has 1 N–H and O–H groups in total. The van der Waals surface area contributed by atoms with Crippen LogP contribution in [-0.2, 0) is 16.1 Å². The summed E-state index contributed by atoms with van der Waals surface area (Å²) in [6.07, 6.45) is 2.76. The second-order valence-electron chi connectivity index (χ2n) is 6.07. The van der Waals surface area contributed by atoms with Gasteiger partial charge in [-0.2, -0.15) is 0 Å². The minimum Gasteiger partial charge on any atom is -0.365 e. The van der Waals surface area contributed by atoms with Gasteiger partial charge in [-0.25, -0.2) is 8.78 Å². The second-order valence-corrected chi connectivity index (χ2v) is 6.07. The molecule has 1 heterocycles. The van der Waals surface area contributed by atoms with Crippen molar-refractivity contribution in [3.05, 3.63) is 48.1 Å². The predicted octanol–water partition coefficient (Wildman–Crippen LogP) is 2.64. The van der Waals surface area contributed by atoms with Crippen LogP contribution in [0.5, 0.6) is 0 Å². The van der Waals surface area contributed by atoms with Crippen molar-refractivity contribution in [2.75, 3.05) is 19.7 Å². The summed E-state index contributed by atoms with van der Waals surface area (Å²) in [6, 6.07) is 4.11. The van der Waals surface area contributed by atoms with Crippen molar-refractivity contribution in [1.82, 2.24) is 10.2 Å². The van der Waals surface area contributed by atoms with Crippen LogP contribution in [0.2, 0.25) is 0 Å². The Bertz CT molecular complexity index is 572. The molecule has 24 heavy (non-hydrogen) atoms. The van der Waals surface area contributed by atoms with Crippen molar-refractivity contribution < 1.29 is 18.3 Å². The summed E-state index contributed by atoms with van der Waals surface area (Å²) in [4.78, 5) is 14.2. The van der Waals surface area contributed by atoms with E-state index in [0.717, 1.165) is 37.6 Å². The molecule has 1 fully saturated rings. The lowest BCUT2D eigenvalue weighted by molar-refractivity contribution is -0.132. The standard InChI is InChI=1S/C18H24F2N2O2/c1-3-10-24-13(2)18(23)21-15-6-8-22(9-7-15)12-14-4-5-16(19)17(20)11-14/h3-5,11,13,15H,1,6-10,12H2,2H3,(H,21,23)/t13-/m1/s1. The number of nitrogens with zero attached hydrogens (tertiary/aromatic N) is 1. The Morgan fingerprint density at radius 2 is 2.12 bits per heavy atom. The number of hydrogen-bond donors (Lipinski definition) is 1. The molecule has 1 saturated heterocycles. The van der Waals surface area contributed by atoms with Crippen LogP contribution in [0.15, 0.2) is 30.9 Å². The highest BCUT2D eigenvalue weighted by molar-refractivity contribution is 5.80. The lowest BCUT2D eigenvalue weighted by atomic mass is 10.0. The fraction of sp³-hybridized carbons (Fsp3) is 0.500. The molecule has 0 saturated carbocycles. The van der Waals surface area contributed by atoms with Crippen molar-refractivity contribution in [3.63, 3.8) is 0 Å². The summed E-state index contributed by atoms with van der Waals surface area (Å²) >= 11 is 0. The molecule has 4 nitrogen and oxygen atoms in total. The van der Waals surface area contributed by atoms with Crippen LogP contribution in [-0.4, -0.2) is 42.6 Å². The lowest BCUT2D eigenvalue weighted by Crippen LogP contribution is -2.47. The Balaban J connectivity index is 1.75. The van der Waals surface area contributed by atoms with E-state index in [9.17, 15) is 13.6 Å². The molecular weight excluding hydrogens is 314 g/mol. The summed E-state index contributed by atoms with van der Waals surface area (Å²) < 4.78 is 31.5. The van der Waals surface area contributed by atoms with Crippen LogP contribution in [0.3, 0.4) is 0 Å². The Morgan fingerprint density at radius 1 is 1.42 bits per heavy atom.